The number of nitrogens with zero attached hydrogens (tertiary/aromatic N) is 2. The van der Waals surface area contributed by atoms with Crippen molar-refractivity contribution in [2.24, 2.45) is 11.8 Å². The topological polar surface area (TPSA) is 228 Å². The lowest BCUT2D eigenvalue weighted by Gasteiger charge is -2.23. The molecule has 0 spiro atoms. The molecule has 2 heterocycles. The third-order valence-electron chi connectivity index (χ3n) is 9.72. The normalized spacial score (nSPS) is 17.0. The summed E-state index contributed by atoms with van der Waals surface area (Å²) >= 11 is 0. The van der Waals surface area contributed by atoms with Crippen LogP contribution in [0, 0.1) is 11.8 Å². The number of carbonyl (C=O) groups excluding carboxylic acids is 8. The Labute approximate surface area is 336 Å². The quantitative estimate of drug-likeness (QED) is 0.0783. The Bertz CT molecular complexity index is 1660. The Balaban J connectivity index is 1.27. The summed E-state index contributed by atoms with van der Waals surface area (Å²) in [7, 11) is 2.23. The summed E-state index contributed by atoms with van der Waals surface area (Å²) in [6.07, 6.45) is 1.54. The van der Waals surface area contributed by atoms with Crippen molar-refractivity contribution in [2.75, 3.05) is 64.2 Å². The van der Waals surface area contributed by atoms with Crippen molar-refractivity contribution < 1.29 is 57.3 Å². The summed E-state index contributed by atoms with van der Waals surface area (Å²) in [6, 6.07) is 11.1. The molecule has 0 aromatic heterocycles. The number of esters is 2. The molecule has 0 aliphatic carbocycles. The third-order valence-corrected chi connectivity index (χ3v) is 9.72. The largest absolute Gasteiger partial charge is 0.464 e. The number of unbranched alkanes of at least 4 members (excludes halogenated alkanes) is 2. The van der Waals surface area contributed by atoms with Gasteiger partial charge in [-0.2, -0.15) is 0 Å². The average molecular weight is 809 g/mol. The van der Waals surface area contributed by atoms with Crippen LogP contribution in [-0.4, -0.2) is 123 Å². The predicted octanol–water partition coefficient (Wildman–Crippen LogP) is 3.06. The number of hydrogen-bond acceptors (Lipinski definition) is 12. The zero-order valence-corrected chi connectivity index (χ0v) is 33.2. The molecule has 0 saturated carbocycles. The van der Waals surface area contributed by atoms with E-state index in [4.69, 9.17) is 9.47 Å². The van der Waals surface area contributed by atoms with Crippen LogP contribution in [0.5, 0.6) is 0 Å². The minimum atomic E-state index is -1.59. The highest BCUT2D eigenvalue weighted by Gasteiger charge is 2.40. The van der Waals surface area contributed by atoms with Crippen LogP contribution >= 0.6 is 0 Å². The number of benzene rings is 2. The summed E-state index contributed by atoms with van der Waals surface area (Å²) in [5.41, 5.74) is 2.77. The molecule has 4 atom stereocenters. The Kier molecular flexibility index (Phi) is 16.8. The van der Waals surface area contributed by atoms with Gasteiger partial charge in [0.1, 0.15) is 0 Å². The number of likely N-dealkylation sites (tertiary alicyclic amines) is 2. The maximum absolute atomic E-state index is 13.2. The fourth-order valence-corrected chi connectivity index (χ4v) is 6.29. The van der Waals surface area contributed by atoms with E-state index in [-0.39, 0.29) is 51.2 Å². The van der Waals surface area contributed by atoms with Crippen LogP contribution in [0.4, 0.5) is 21.0 Å². The van der Waals surface area contributed by atoms with Gasteiger partial charge in [-0.1, -0.05) is 51.0 Å². The van der Waals surface area contributed by atoms with Crippen molar-refractivity contribution >= 4 is 59.1 Å². The number of carbonyl (C=O) groups is 8. The minimum Gasteiger partial charge on any atom is -0.464 e. The number of ether oxygens (including phenoxy) is 4. The molecule has 0 unspecified atom stereocenters. The molecule has 2 aliphatic heterocycles. The number of rotatable bonds is 17. The van der Waals surface area contributed by atoms with Crippen LogP contribution in [0.25, 0.3) is 11.1 Å². The van der Waals surface area contributed by atoms with E-state index in [9.17, 15) is 38.4 Å². The lowest BCUT2D eigenvalue weighted by Crippen LogP contribution is -2.53. The van der Waals surface area contributed by atoms with Gasteiger partial charge in [-0.25, -0.2) is 19.2 Å². The van der Waals surface area contributed by atoms with Gasteiger partial charge in [0.05, 0.1) is 39.3 Å². The van der Waals surface area contributed by atoms with E-state index >= 15 is 0 Å². The van der Waals surface area contributed by atoms with Crippen LogP contribution in [0.15, 0.2) is 48.5 Å². The molecule has 2 aromatic rings. The molecule has 58 heavy (non-hydrogen) atoms. The van der Waals surface area contributed by atoms with Gasteiger partial charge in [0, 0.05) is 37.6 Å². The van der Waals surface area contributed by atoms with Gasteiger partial charge in [-0.05, 0) is 61.1 Å². The SMILES string of the molecule is CCCCOC(=O)[C@@H](NC(=O)OC)C(=O)N1CC[C@H](C(=O)Nc2ccc(-c3ccc(NC(=O)[C@@H]4CCN(C(=O)[C@@H](NC(=O)OC)C(=O)OCCCC)C4)cc3)cc2)C1. The molecule has 4 N–H and O–H groups in total. The second kappa shape index (κ2) is 21.9. The Morgan fingerprint density at radius 1 is 0.603 bits per heavy atom. The molecule has 6 amide bonds. The lowest BCUT2D eigenvalue weighted by atomic mass is 10.0. The molecule has 18 heteroatoms. The number of nitrogens with one attached hydrogen (secondary N) is 4. The van der Waals surface area contributed by atoms with E-state index in [1.807, 2.05) is 38.1 Å². The predicted molar refractivity (Wildman–Crippen MR) is 209 cm³/mol. The zero-order valence-electron chi connectivity index (χ0n) is 33.2. The lowest BCUT2D eigenvalue weighted by molar-refractivity contribution is -0.153. The van der Waals surface area contributed by atoms with Gasteiger partial charge >= 0.3 is 24.1 Å². The van der Waals surface area contributed by atoms with Crippen molar-refractivity contribution in [3.63, 3.8) is 0 Å². The highest BCUT2D eigenvalue weighted by molar-refractivity contribution is 6.05. The van der Waals surface area contributed by atoms with E-state index in [2.05, 4.69) is 30.7 Å². The first kappa shape index (κ1) is 44.5. The monoisotopic (exact) mass is 808 g/mol. The highest BCUT2D eigenvalue weighted by Crippen LogP contribution is 2.26. The molecule has 4 rings (SSSR count). The molecule has 314 valence electrons. The van der Waals surface area contributed by atoms with Crippen LogP contribution in [0.2, 0.25) is 0 Å². The number of anilines is 2. The third kappa shape index (κ3) is 12.4. The molecule has 2 aliphatic rings. The fourth-order valence-electron chi connectivity index (χ4n) is 6.29. The Morgan fingerprint density at radius 2 is 0.966 bits per heavy atom. The molecular weight excluding hydrogens is 756 g/mol. The fraction of sp³-hybridized carbons (Fsp3) is 0.500. The molecule has 2 saturated heterocycles. The second-order valence-electron chi connectivity index (χ2n) is 13.9. The van der Waals surface area contributed by atoms with Gasteiger partial charge in [0.2, 0.25) is 23.9 Å². The summed E-state index contributed by atoms with van der Waals surface area (Å²) in [5, 5.41) is 10.2. The standard InChI is InChI=1S/C40H52N6O12/c1-5-7-21-57-37(51)31(43-39(53)55-3)35(49)45-19-17-27(23-45)33(47)41-29-13-9-25(10-14-29)26-11-15-30(16-12-26)42-34(48)28-18-20-46(24-28)36(50)32(44-40(54)56-4)38(52)58-22-8-6-2/h9-16,27-28,31-32H,5-8,17-24H2,1-4H3,(H,41,47)(H,42,48)(H,43,53)(H,44,54)/t27-,28+,31-,32+. The molecule has 0 radical (unpaired) electrons. The first-order valence-corrected chi connectivity index (χ1v) is 19.3. The summed E-state index contributed by atoms with van der Waals surface area (Å²) in [6.45, 7) is 4.56. The van der Waals surface area contributed by atoms with Crippen molar-refractivity contribution in [3.8, 4) is 11.1 Å². The number of amides is 6. The van der Waals surface area contributed by atoms with Gasteiger partial charge in [-0.3, -0.25) is 29.8 Å². The van der Waals surface area contributed by atoms with Gasteiger partial charge in [-0.15, -0.1) is 0 Å². The molecule has 18 nitrogen and oxygen atoms in total. The number of hydrogen-bond donors (Lipinski definition) is 4. The van der Waals surface area contributed by atoms with E-state index in [1.54, 1.807) is 24.3 Å². The van der Waals surface area contributed by atoms with Gasteiger partial charge < -0.3 is 39.4 Å². The van der Waals surface area contributed by atoms with Crippen molar-refractivity contribution in [1.82, 2.24) is 20.4 Å². The zero-order chi connectivity index (χ0) is 42.2. The van der Waals surface area contributed by atoms with E-state index in [0.717, 1.165) is 38.2 Å². The summed E-state index contributed by atoms with van der Waals surface area (Å²) < 4.78 is 19.5. The van der Waals surface area contributed by atoms with Crippen molar-refractivity contribution in [1.29, 1.82) is 0 Å². The summed E-state index contributed by atoms with van der Waals surface area (Å²) in [4.78, 5) is 104. The Hall–Kier alpha value is -6.20. The minimum absolute atomic E-state index is 0.0506. The smallest absolute Gasteiger partial charge is 0.407 e. The second-order valence-corrected chi connectivity index (χ2v) is 13.9. The van der Waals surface area contributed by atoms with Crippen LogP contribution in [0.3, 0.4) is 0 Å². The maximum atomic E-state index is 13.2. The van der Waals surface area contributed by atoms with Gasteiger partial charge in [0.15, 0.2) is 0 Å². The van der Waals surface area contributed by atoms with E-state index < -0.39 is 59.9 Å². The molecular formula is C40H52N6O12. The molecule has 2 fully saturated rings. The van der Waals surface area contributed by atoms with Crippen LogP contribution < -0.4 is 21.3 Å². The Morgan fingerprint density at radius 3 is 1.29 bits per heavy atom. The molecule has 2 aromatic carbocycles. The van der Waals surface area contributed by atoms with Crippen LogP contribution in [-0.2, 0) is 47.7 Å². The first-order valence-electron chi connectivity index (χ1n) is 19.3. The van der Waals surface area contributed by atoms with E-state index in [1.165, 1.54) is 9.80 Å². The molecule has 0 bridgehead atoms. The van der Waals surface area contributed by atoms with E-state index in [0.29, 0.717) is 37.1 Å². The van der Waals surface area contributed by atoms with Crippen LogP contribution in [0.1, 0.15) is 52.4 Å². The highest BCUT2D eigenvalue weighted by atomic mass is 16.6. The van der Waals surface area contributed by atoms with Crippen molar-refractivity contribution in [3.05, 3.63) is 48.5 Å². The first-order chi connectivity index (χ1) is 27.9. The number of methoxy groups -OCH3 is 2. The van der Waals surface area contributed by atoms with Crippen molar-refractivity contribution in [2.45, 2.75) is 64.5 Å². The average Bonchev–Trinajstić information content (AvgIpc) is 3.94. The maximum Gasteiger partial charge on any atom is 0.407 e. The number of alkyl carbamates (subject to hydrolysis) is 2. The van der Waals surface area contributed by atoms with Gasteiger partial charge in [0.25, 0.3) is 11.8 Å². The summed E-state index contributed by atoms with van der Waals surface area (Å²) in [5.74, 6) is -4.86.